The summed E-state index contributed by atoms with van der Waals surface area (Å²) in [5.41, 5.74) is 0. The fourth-order valence-corrected chi connectivity index (χ4v) is 2.97. The van der Waals surface area contributed by atoms with Crippen molar-refractivity contribution in [3.05, 3.63) is 42.6 Å². The monoisotopic (exact) mass is 285 g/mol. The topological polar surface area (TPSA) is 58.0 Å². The first-order valence-electron chi connectivity index (χ1n) is 6.53. The van der Waals surface area contributed by atoms with Crippen molar-refractivity contribution in [3.8, 4) is 10.7 Å². The minimum absolute atomic E-state index is 0.182. The van der Waals surface area contributed by atoms with Crippen LogP contribution in [0.2, 0.25) is 0 Å². The van der Waals surface area contributed by atoms with Gasteiger partial charge in [0, 0.05) is 24.0 Å². The van der Waals surface area contributed by atoms with E-state index in [-0.39, 0.29) is 6.61 Å². The molecule has 0 unspecified atom stereocenters. The van der Waals surface area contributed by atoms with E-state index in [2.05, 4.69) is 33.5 Å². The van der Waals surface area contributed by atoms with E-state index in [9.17, 15) is 0 Å². The van der Waals surface area contributed by atoms with Crippen LogP contribution in [-0.4, -0.2) is 28.2 Å². The maximum atomic E-state index is 8.79. The largest absolute Gasteiger partial charge is 0.396 e. The van der Waals surface area contributed by atoms with Gasteiger partial charge in [0.15, 0.2) is 5.82 Å². The van der Waals surface area contributed by atoms with Crippen LogP contribution in [0.5, 0.6) is 0 Å². The molecule has 3 aromatic rings. The molecule has 0 aliphatic carbocycles. The lowest BCUT2D eigenvalue weighted by molar-refractivity contribution is 0.292. The first-order valence-corrected chi connectivity index (χ1v) is 7.35. The molecule has 0 saturated heterocycles. The van der Waals surface area contributed by atoms with Crippen molar-refractivity contribution in [2.24, 2.45) is 0 Å². The van der Waals surface area contributed by atoms with E-state index in [0.717, 1.165) is 16.5 Å². The molecule has 2 aromatic heterocycles. The van der Waals surface area contributed by atoms with Gasteiger partial charge >= 0.3 is 0 Å². The van der Waals surface area contributed by atoms with Gasteiger partial charge < -0.3 is 10.4 Å². The number of benzene rings is 1. The molecule has 2 heterocycles. The zero-order valence-electron chi connectivity index (χ0n) is 10.9. The predicted molar refractivity (Wildman–Crippen MR) is 83.0 cm³/mol. The highest BCUT2D eigenvalue weighted by atomic mass is 32.1. The molecule has 0 spiro atoms. The zero-order chi connectivity index (χ0) is 13.8. The van der Waals surface area contributed by atoms with Gasteiger partial charge in [-0.1, -0.05) is 18.2 Å². The number of hydrogen-bond acceptors (Lipinski definition) is 5. The molecule has 0 aliphatic heterocycles. The molecule has 0 aliphatic rings. The van der Waals surface area contributed by atoms with Gasteiger partial charge in [-0.05, 0) is 30.0 Å². The van der Waals surface area contributed by atoms with Gasteiger partial charge in [-0.3, -0.25) is 0 Å². The number of nitrogens with one attached hydrogen (secondary N) is 1. The average Bonchev–Trinajstić information content (AvgIpc) is 2.92. The molecule has 102 valence electrons. The third-order valence-corrected chi connectivity index (χ3v) is 4.05. The van der Waals surface area contributed by atoms with E-state index in [1.165, 1.54) is 10.1 Å². The maximum Gasteiger partial charge on any atom is 0.171 e. The van der Waals surface area contributed by atoms with Crippen LogP contribution in [0.15, 0.2) is 42.6 Å². The van der Waals surface area contributed by atoms with Gasteiger partial charge in [-0.25, -0.2) is 9.97 Å². The van der Waals surface area contributed by atoms with Gasteiger partial charge in [0.25, 0.3) is 0 Å². The summed E-state index contributed by atoms with van der Waals surface area (Å²) in [4.78, 5) is 9.93. The highest BCUT2D eigenvalue weighted by Gasteiger charge is 2.07. The molecule has 0 saturated carbocycles. The summed E-state index contributed by atoms with van der Waals surface area (Å²) in [5.74, 6) is 1.53. The molecule has 0 atom stereocenters. The second-order valence-electron chi connectivity index (χ2n) is 4.42. The van der Waals surface area contributed by atoms with Crippen molar-refractivity contribution in [3.63, 3.8) is 0 Å². The third kappa shape index (κ3) is 2.79. The summed E-state index contributed by atoms with van der Waals surface area (Å²) in [6.07, 6.45) is 2.47. The molecule has 1 aromatic carbocycles. The smallest absolute Gasteiger partial charge is 0.171 e. The highest BCUT2D eigenvalue weighted by molar-refractivity contribution is 7.22. The van der Waals surface area contributed by atoms with Crippen molar-refractivity contribution < 1.29 is 5.11 Å². The molecule has 0 bridgehead atoms. The summed E-state index contributed by atoms with van der Waals surface area (Å²) < 4.78 is 1.24. The van der Waals surface area contributed by atoms with E-state index in [4.69, 9.17) is 5.11 Å². The Bertz CT molecular complexity index is 678. The van der Waals surface area contributed by atoms with E-state index in [0.29, 0.717) is 13.0 Å². The van der Waals surface area contributed by atoms with Gasteiger partial charge in [0.1, 0.15) is 5.82 Å². The molecule has 2 N–H and O–H groups in total. The summed E-state index contributed by atoms with van der Waals surface area (Å²) in [6, 6.07) is 12.2. The zero-order valence-corrected chi connectivity index (χ0v) is 11.7. The minimum atomic E-state index is 0.182. The molecule has 4 nitrogen and oxygen atoms in total. The Kier molecular flexibility index (Phi) is 3.90. The van der Waals surface area contributed by atoms with Crippen LogP contribution in [0.25, 0.3) is 20.8 Å². The number of aromatic nitrogens is 2. The lowest BCUT2D eigenvalue weighted by Crippen LogP contribution is -2.05. The van der Waals surface area contributed by atoms with Crippen LogP contribution in [0.3, 0.4) is 0 Å². The fourth-order valence-electron chi connectivity index (χ4n) is 1.96. The van der Waals surface area contributed by atoms with E-state index < -0.39 is 0 Å². The second-order valence-corrected chi connectivity index (χ2v) is 5.50. The van der Waals surface area contributed by atoms with E-state index >= 15 is 0 Å². The summed E-state index contributed by atoms with van der Waals surface area (Å²) >= 11 is 1.69. The molecule has 0 fully saturated rings. The Morgan fingerprint density at radius 3 is 2.95 bits per heavy atom. The number of aliphatic hydroxyl groups is 1. The van der Waals surface area contributed by atoms with E-state index in [1.54, 1.807) is 17.5 Å². The summed E-state index contributed by atoms with van der Waals surface area (Å²) in [6.45, 7) is 0.890. The third-order valence-electron chi connectivity index (χ3n) is 2.94. The Hall–Kier alpha value is -1.98. The Balaban J connectivity index is 1.87. The van der Waals surface area contributed by atoms with Crippen molar-refractivity contribution in [2.45, 2.75) is 6.42 Å². The summed E-state index contributed by atoms with van der Waals surface area (Å²) in [7, 11) is 0. The number of hydrogen-bond donors (Lipinski definition) is 2. The molecule has 0 radical (unpaired) electrons. The maximum absolute atomic E-state index is 8.79. The Morgan fingerprint density at radius 1 is 1.20 bits per heavy atom. The predicted octanol–water partition coefficient (Wildman–Crippen LogP) is 3.15. The van der Waals surface area contributed by atoms with E-state index in [1.807, 2.05) is 18.2 Å². The Morgan fingerprint density at radius 2 is 2.10 bits per heavy atom. The van der Waals surface area contributed by atoms with Crippen molar-refractivity contribution in [1.82, 2.24) is 9.97 Å². The number of fused-ring (bicyclic) bond motifs is 1. The van der Waals surface area contributed by atoms with Crippen LogP contribution >= 0.6 is 11.3 Å². The van der Waals surface area contributed by atoms with Crippen LogP contribution in [0.4, 0.5) is 5.82 Å². The van der Waals surface area contributed by atoms with Crippen LogP contribution < -0.4 is 5.32 Å². The highest BCUT2D eigenvalue weighted by Crippen LogP contribution is 2.31. The van der Waals surface area contributed by atoms with Crippen molar-refractivity contribution in [2.75, 3.05) is 18.5 Å². The van der Waals surface area contributed by atoms with Crippen molar-refractivity contribution in [1.29, 1.82) is 0 Å². The van der Waals surface area contributed by atoms with Crippen LogP contribution in [0.1, 0.15) is 6.42 Å². The van der Waals surface area contributed by atoms with Gasteiger partial charge in [-0.2, -0.15) is 0 Å². The number of nitrogens with zero attached hydrogens (tertiary/aromatic N) is 2. The number of anilines is 1. The molecule has 0 amide bonds. The molecule has 20 heavy (non-hydrogen) atoms. The molecular weight excluding hydrogens is 270 g/mol. The van der Waals surface area contributed by atoms with Gasteiger partial charge in [-0.15, -0.1) is 11.3 Å². The normalized spacial score (nSPS) is 10.8. The molecular formula is C15H15N3OS. The minimum Gasteiger partial charge on any atom is -0.396 e. The Labute approximate surface area is 121 Å². The quantitative estimate of drug-likeness (QED) is 0.707. The SMILES string of the molecule is OCCCNc1ccnc(-c2cc3ccccc3s2)n1. The lowest BCUT2D eigenvalue weighted by Gasteiger charge is -2.04. The first kappa shape index (κ1) is 13.0. The van der Waals surface area contributed by atoms with Crippen LogP contribution in [0, 0.1) is 0 Å². The summed E-state index contributed by atoms with van der Waals surface area (Å²) in [5, 5.41) is 13.2. The van der Waals surface area contributed by atoms with Gasteiger partial charge in [0.05, 0.1) is 4.88 Å². The number of aliphatic hydroxyl groups excluding tert-OH is 1. The average molecular weight is 285 g/mol. The van der Waals surface area contributed by atoms with Crippen LogP contribution in [-0.2, 0) is 0 Å². The number of thiophene rings is 1. The number of rotatable bonds is 5. The fraction of sp³-hybridized carbons (Fsp3) is 0.200. The van der Waals surface area contributed by atoms with Crippen molar-refractivity contribution >= 4 is 27.2 Å². The molecule has 5 heteroatoms. The molecule has 3 rings (SSSR count). The first-order chi connectivity index (χ1) is 9.86. The standard InChI is InChI=1S/C15H15N3OS/c19-9-3-7-16-14-6-8-17-15(18-14)13-10-11-4-1-2-5-12(11)20-13/h1-2,4-6,8,10,19H,3,7,9H2,(H,16,17,18). The lowest BCUT2D eigenvalue weighted by atomic mass is 10.2. The van der Waals surface area contributed by atoms with Gasteiger partial charge in [0.2, 0.25) is 0 Å². The second kappa shape index (κ2) is 5.98.